The van der Waals surface area contributed by atoms with E-state index in [0.717, 1.165) is 18.5 Å². The summed E-state index contributed by atoms with van der Waals surface area (Å²) < 4.78 is 4.54. The number of fused-ring (bicyclic) bond motifs is 1. The predicted molar refractivity (Wildman–Crippen MR) is 65.0 cm³/mol. The number of hydrogen-bond acceptors (Lipinski definition) is 4. The van der Waals surface area contributed by atoms with E-state index in [2.05, 4.69) is 16.7 Å². The molecule has 1 atom stereocenters. The first-order valence-electron chi connectivity index (χ1n) is 5.70. The lowest BCUT2D eigenvalue weighted by Crippen LogP contribution is -2.12. The number of benzene rings is 1. The summed E-state index contributed by atoms with van der Waals surface area (Å²) in [4.78, 5) is 13.3. The van der Waals surface area contributed by atoms with Crippen LogP contribution in [-0.2, 0) is 16.0 Å². The van der Waals surface area contributed by atoms with E-state index in [0.29, 0.717) is 0 Å². The number of ether oxygens (including phenoxy) is 1. The Morgan fingerprint density at radius 1 is 1.59 bits per heavy atom. The van der Waals surface area contributed by atoms with Gasteiger partial charge in [-0.3, -0.25) is 4.79 Å². The van der Waals surface area contributed by atoms with Gasteiger partial charge in [0.15, 0.2) is 0 Å². The second-order valence-electron chi connectivity index (χ2n) is 4.36. The van der Waals surface area contributed by atoms with E-state index in [9.17, 15) is 9.90 Å². The molecule has 17 heavy (non-hydrogen) atoms. The first kappa shape index (κ1) is 11.9. The molecule has 0 bridgehead atoms. The van der Waals surface area contributed by atoms with Crippen molar-refractivity contribution in [1.82, 2.24) is 0 Å². The number of rotatable bonds is 3. The van der Waals surface area contributed by atoms with E-state index in [1.807, 2.05) is 18.2 Å². The molecule has 0 radical (unpaired) electrons. The van der Waals surface area contributed by atoms with Crippen LogP contribution in [0, 0.1) is 0 Å². The lowest BCUT2D eigenvalue weighted by atomic mass is 10.0. The topological polar surface area (TPSA) is 49.8 Å². The third-order valence-corrected chi connectivity index (χ3v) is 3.20. The summed E-state index contributed by atoms with van der Waals surface area (Å²) in [6.07, 6.45) is 0.217. The maximum absolute atomic E-state index is 11.1. The van der Waals surface area contributed by atoms with Gasteiger partial charge in [-0.15, -0.1) is 0 Å². The van der Waals surface area contributed by atoms with Gasteiger partial charge in [-0.05, 0) is 23.6 Å². The van der Waals surface area contributed by atoms with Crippen LogP contribution in [0.1, 0.15) is 23.7 Å². The zero-order chi connectivity index (χ0) is 12.4. The standard InChI is InChI=1S/C13H17NO3/c1-14-6-5-9-7-10(3-4-11(9)14)12(15)8-13(16)17-2/h3-4,7,12,15H,5-6,8H2,1-2H3/t12-/m0/s1. The molecule has 0 spiro atoms. The summed E-state index contributed by atoms with van der Waals surface area (Å²) >= 11 is 0. The highest BCUT2D eigenvalue weighted by atomic mass is 16.5. The second-order valence-corrected chi connectivity index (χ2v) is 4.36. The zero-order valence-corrected chi connectivity index (χ0v) is 10.1. The number of methoxy groups -OCH3 is 1. The van der Waals surface area contributed by atoms with Gasteiger partial charge in [0.1, 0.15) is 0 Å². The van der Waals surface area contributed by atoms with Gasteiger partial charge in [0, 0.05) is 19.3 Å². The minimum atomic E-state index is -0.779. The van der Waals surface area contributed by atoms with Gasteiger partial charge in [-0.1, -0.05) is 12.1 Å². The molecule has 0 fully saturated rings. The van der Waals surface area contributed by atoms with Crippen molar-refractivity contribution in [3.05, 3.63) is 29.3 Å². The van der Waals surface area contributed by atoms with E-state index >= 15 is 0 Å². The molecular formula is C13H17NO3. The molecule has 1 aromatic carbocycles. The van der Waals surface area contributed by atoms with E-state index < -0.39 is 12.1 Å². The monoisotopic (exact) mass is 235 g/mol. The molecule has 0 aromatic heterocycles. The molecule has 0 amide bonds. The van der Waals surface area contributed by atoms with Crippen molar-refractivity contribution in [2.24, 2.45) is 0 Å². The molecule has 0 aliphatic carbocycles. The van der Waals surface area contributed by atoms with Crippen LogP contribution in [0.2, 0.25) is 0 Å². The van der Waals surface area contributed by atoms with Crippen LogP contribution in [-0.4, -0.2) is 31.8 Å². The molecule has 0 saturated heterocycles. The maximum atomic E-state index is 11.1. The van der Waals surface area contributed by atoms with Gasteiger partial charge < -0.3 is 14.7 Å². The van der Waals surface area contributed by atoms with Crippen LogP contribution < -0.4 is 4.90 Å². The Balaban J connectivity index is 2.15. The number of likely N-dealkylation sites (N-methyl/N-ethyl adjacent to an activating group) is 1. The molecule has 1 heterocycles. The Labute approximate surface area is 101 Å². The van der Waals surface area contributed by atoms with Crippen molar-refractivity contribution in [3.8, 4) is 0 Å². The van der Waals surface area contributed by atoms with Gasteiger partial charge in [0.25, 0.3) is 0 Å². The number of hydrogen-bond donors (Lipinski definition) is 1. The number of carbonyl (C=O) groups excluding carboxylic acids is 1. The zero-order valence-electron chi connectivity index (χ0n) is 10.1. The lowest BCUT2D eigenvalue weighted by Gasteiger charge is -2.14. The number of esters is 1. The summed E-state index contributed by atoms with van der Waals surface area (Å²) in [5, 5.41) is 9.90. The van der Waals surface area contributed by atoms with Gasteiger partial charge >= 0.3 is 5.97 Å². The van der Waals surface area contributed by atoms with Crippen molar-refractivity contribution in [1.29, 1.82) is 0 Å². The average molecular weight is 235 g/mol. The molecule has 1 aromatic rings. The first-order valence-corrected chi connectivity index (χ1v) is 5.70. The Morgan fingerprint density at radius 3 is 3.06 bits per heavy atom. The number of carbonyl (C=O) groups is 1. The van der Waals surface area contributed by atoms with Crippen molar-refractivity contribution < 1.29 is 14.6 Å². The van der Waals surface area contributed by atoms with Gasteiger partial charge in [-0.2, -0.15) is 0 Å². The van der Waals surface area contributed by atoms with Gasteiger partial charge in [0.05, 0.1) is 19.6 Å². The van der Waals surface area contributed by atoms with Crippen LogP contribution in [0.3, 0.4) is 0 Å². The van der Waals surface area contributed by atoms with Crippen LogP contribution in [0.4, 0.5) is 5.69 Å². The lowest BCUT2D eigenvalue weighted by molar-refractivity contribution is -0.142. The molecule has 2 rings (SSSR count). The third kappa shape index (κ3) is 2.42. The second kappa shape index (κ2) is 4.75. The predicted octanol–water partition coefficient (Wildman–Crippen LogP) is 1.28. The summed E-state index contributed by atoms with van der Waals surface area (Å²) in [6, 6.07) is 5.85. The molecule has 92 valence electrons. The van der Waals surface area contributed by atoms with Gasteiger partial charge in [0.2, 0.25) is 0 Å². The molecule has 0 unspecified atom stereocenters. The largest absolute Gasteiger partial charge is 0.469 e. The molecule has 1 aliphatic rings. The fraction of sp³-hybridized carbons (Fsp3) is 0.462. The maximum Gasteiger partial charge on any atom is 0.308 e. The number of anilines is 1. The number of aliphatic hydroxyl groups excluding tert-OH is 1. The van der Waals surface area contributed by atoms with Crippen LogP contribution >= 0.6 is 0 Å². The minimum absolute atomic E-state index is 0.00509. The molecule has 4 nitrogen and oxygen atoms in total. The normalized spacial score (nSPS) is 15.6. The fourth-order valence-corrected chi connectivity index (χ4v) is 2.15. The van der Waals surface area contributed by atoms with Crippen LogP contribution in [0.5, 0.6) is 0 Å². The smallest absolute Gasteiger partial charge is 0.308 e. The Hall–Kier alpha value is -1.55. The Bertz CT molecular complexity index is 431. The minimum Gasteiger partial charge on any atom is -0.469 e. The summed E-state index contributed by atoms with van der Waals surface area (Å²) in [7, 11) is 3.38. The van der Waals surface area contributed by atoms with Gasteiger partial charge in [-0.25, -0.2) is 0 Å². The van der Waals surface area contributed by atoms with Crippen LogP contribution in [0.25, 0.3) is 0 Å². The van der Waals surface area contributed by atoms with Crippen LogP contribution in [0.15, 0.2) is 18.2 Å². The fourth-order valence-electron chi connectivity index (χ4n) is 2.15. The molecule has 0 saturated carbocycles. The van der Waals surface area contributed by atoms with E-state index in [-0.39, 0.29) is 6.42 Å². The molecular weight excluding hydrogens is 218 g/mol. The molecule has 1 N–H and O–H groups in total. The Kier molecular flexibility index (Phi) is 3.33. The van der Waals surface area contributed by atoms with Crippen molar-refractivity contribution in [2.75, 3.05) is 25.6 Å². The average Bonchev–Trinajstić information content (AvgIpc) is 2.70. The highest BCUT2D eigenvalue weighted by Crippen LogP contribution is 2.30. The molecule has 1 aliphatic heterocycles. The first-order chi connectivity index (χ1) is 8.11. The summed E-state index contributed by atoms with van der Waals surface area (Å²) in [5.41, 5.74) is 3.22. The Morgan fingerprint density at radius 2 is 2.35 bits per heavy atom. The number of aliphatic hydroxyl groups is 1. The summed E-state index contributed by atoms with van der Waals surface area (Å²) in [6.45, 7) is 1.01. The summed E-state index contributed by atoms with van der Waals surface area (Å²) in [5.74, 6) is -0.393. The third-order valence-electron chi connectivity index (χ3n) is 3.20. The molecule has 4 heteroatoms. The van der Waals surface area contributed by atoms with Crippen molar-refractivity contribution in [2.45, 2.75) is 18.9 Å². The van der Waals surface area contributed by atoms with Crippen molar-refractivity contribution >= 4 is 11.7 Å². The van der Waals surface area contributed by atoms with E-state index in [1.165, 1.54) is 18.4 Å². The van der Waals surface area contributed by atoms with E-state index in [4.69, 9.17) is 0 Å². The highest BCUT2D eigenvalue weighted by molar-refractivity contribution is 5.70. The SMILES string of the molecule is COC(=O)C[C@H](O)c1ccc2c(c1)CCN2C. The van der Waals surface area contributed by atoms with Crippen molar-refractivity contribution in [3.63, 3.8) is 0 Å². The van der Waals surface area contributed by atoms with E-state index in [1.54, 1.807) is 0 Å². The quantitative estimate of drug-likeness (QED) is 0.802. The highest BCUT2D eigenvalue weighted by Gasteiger charge is 2.19. The number of nitrogens with zero attached hydrogens (tertiary/aromatic N) is 1.